The molecule has 1 saturated heterocycles. The van der Waals surface area contributed by atoms with Crippen molar-refractivity contribution in [2.24, 2.45) is 5.92 Å². The zero-order valence-electron chi connectivity index (χ0n) is 15.6. The number of hydrogen-bond acceptors (Lipinski definition) is 6. The minimum Gasteiger partial charge on any atom is -0.497 e. The molecular formula is C21H15ClN2O4S2. The van der Waals surface area contributed by atoms with Gasteiger partial charge in [0.15, 0.2) is 0 Å². The van der Waals surface area contributed by atoms with E-state index in [1.165, 1.54) is 16.7 Å². The Hall–Kier alpha value is -2.55. The lowest BCUT2D eigenvalue weighted by Gasteiger charge is -2.29. The Balaban J connectivity index is 1.63. The number of aromatic nitrogens is 1. The number of thiazole rings is 1. The van der Waals surface area contributed by atoms with Gasteiger partial charge in [-0.25, -0.2) is 4.90 Å². The fourth-order valence-corrected chi connectivity index (χ4v) is 6.67. The summed E-state index contributed by atoms with van der Waals surface area (Å²) < 4.78 is 5.24. The zero-order valence-corrected chi connectivity index (χ0v) is 18.0. The van der Waals surface area contributed by atoms with Crippen molar-refractivity contribution in [2.45, 2.75) is 16.2 Å². The molecule has 0 saturated carbocycles. The van der Waals surface area contributed by atoms with Crippen molar-refractivity contribution in [3.8, 4) is 5.75 Å². The molecule has 30 heavy (non-hydrogen) atoms. The zero-order chi connectivity index (χ0) is 21.0. The highest BCUT2D eigenvalue weighted by atomic mass is 35.5. The number of thioether (sulfide) groups is 1. The van der Waals surface area contributed by atoms with Gasteiger partial charge in [0.05, 0.1) is 23.7 Å². The molecule has 6 nitrogen and oxygen atoms in total. The number of fused-ring (bicyclic) bond motifs is 2. The second kappa shape index (κ2) is 7.30. The van der Waals surface area contributed by atoms with Crippen LogP contribution >= 0.6 is 34.7 Å². The molecule has 1 N–H and O–H groups in total. The van der Waals surface area contributed by atoms with Gasteiger partial charge in [-0.2, -0.15) is 0 Å². The molecule has 2 amide bonds. The first kappa shape index (κ1) is 19.4. The maximum atomic E-state index is 13.5. The highest BCUT2D eigenvalue weighted by molar-refractivity contribution is 8.00. The van der Waals surface area contributed by atoms with Crippen LogP contribution in [0.5, 0.6) is 5.75 Å². The van der Waals surface area contributed by atoms with Gasteiger partial charge in [0, 0.05) is 15.8 Å². The van der Waals surface area contributed by atoms with Crippen LogP contribution in [0.4, 0.5) is 5.69 Å². The smallest absolute Gasteiger partial charge is 0.305 e. The van der Waals surface area contributed by atoms with Gasteiger partial charge in [-0.05, 0) is 42.0 Å². The van der Waals surface area contributed by atoms with Crippen molar-refractivity contribution < 1.29 is 14.3 Å². The predicted octanol–water partition coefficient (Wildman–Crippen LogP) is 3.89. The summed E-state index contributed by atoms with van der Waals surface area (Å²) in [6.07, 6.45) is 0. The van der Waals surface area contributed by atoms with E-state index in [1.54, 1.807) is 31.4 Å². The van der Waals surface area contributed by atoms with E-state index in [9.17, 15) is 14.4 Å². The van der Waals surface area contributed by atoms with Crippen LogP contribution in [0.1, 0.15) is 16.4 Å². The van der Waals surface area contributed by atoms with Gasteiger partial charge in [-0.3, -0.25) is 14.4 Å². The van der Waals surface area contributed by atoms with E-state index in [0.717, 1.165) is 21.8 Å². The average Bonchev–Trinajstić information content (AvgIpc) is 3.24. The third kappa shape index (κ3) is 2.98. The second-order valence-corrected chi connectivity index (χ2v) is 9.61. The van der Waals surface area contributed by atoms with Crippen molar-refractivity contribution >= 4 is 52.2 Å². The molecule has 1 fully saturated rings. The van der Waals surface area contributed by atoms with Crippen molar-refractivity contribution in [1.82, 2.24) is 4.98 Å². The Bertz CT molecular complexity index is 1200. The van der Waals surface area contributed by atoms with Crippen LogP contribution in [0.2, 0.25) is 5.02 Å². The maximum absolute atomic E-state index is 13.5. The number of carbonyl (C=O) groups is 2. The Morgan fingerprint density at radius 1 is 1.00 bits per heavy atom. The molecule has 3 aromatic rings. The number of carbonyl (C=O) groups excluding carboxylic acids is 2. The van der Waals surface area contributed by atoms with E-state index in [0.29, 0.717) is 21.5 Å². The second-order valence-electron chi connectivity index (χ2n) is 7.01. The maximum Gasteiger partial charge on any atom is 0.305 e. The molecule has 9 heteroatoms. The van der Waals surface area contributed by atoms with E-state index < -0.39 is 17.1 Å². The molecule has 1 aromatic heterocycles. The highest BCUT2D eigenvalue weighted by Crippen LogP contribution is 2.53. The minimum absolute atomic E-state index is 0.194. The molecule has 0 bridgehead atoms. The summed E-state index contributed by atoms with van der Waals surface area (Å²) in [5, 5.41) is 0.574. The van der Waals surface area contributed by atoms with Gasteiger partial charge in [0.1, 0.15) is 11.0 Å². The van der Waals surface area contributed by atoms with Crippen LogP contribution in [0.25, 0.3) is 0 Å². The fraction of sp³-hybridized carbons (Fsp3) is 0.190. The minimum atomic E-state index is -0.613. The first-order chi connectivity index (χ1) is 14.5. The lowest BCUT2D eigenvalue weighted by molar-refractivity contribution is -0.122. The number of methoxy groups -OCH3 is 1. The van der Waals surface area contributed by atoms with Gasteiger partial charge in [0.25, 0.3) is 0 Å². The molecule has 0 aliphatic carbocycles. The third-order valence-electron chi connectivity index (χ3n) is 5.38. The van der Waals surface area contributed by atoms with Crippen LogP contribution in [0.15, 0.2) is 58.4 Å². The van der Waals surface area contributed by atoms with Crippen LogP contribution in [0, 0.1) is 5.92 Å². The normalized spacial score (nSPS) is 22.7. The van der Waals surface area contributed by atoms with Crippen molar-refractivity contribution in [1.29, 1.82) is 0 Å². The molecule has 5 rings (SSSR count). The van der Waals surface area contributed by atoms with E-state index in [4.69, 9.17) is 16.3 Å². The van der Waals surface area contributed by atoms with E-state index in [-0.39, 0.29) is 16.7 Å². The number of ether oxygens (including phenoxy) is 1. The van der Waals surface area contributed by atoms with Gasteiger partial charge < -0.3 is 9.72 Å². The number of hydrogen-bond donors (Lipinski definition) is 1. The molecule has 3 unspecified atom stereocenters. The Kier molecular flexibility index (Phi) is 4.72. The molecule has 2 aromatic carbocycles. The number of H-pyrrole nitrogens is 1. The van der Waals surface area contributed by atoms with Crippen LogP contribution in [0.3, 0.4) is 0 Å². The average molecular weight is 459 g/mol. The Labute approximate surface area is 184 Å². The third-order valence-corrected chi connectivity index (χ3v) is 8.04. The van der Waals surface area contributed by atoms with Gasteiger partial charge in [0.2, 0.25) is 11.8 Å². The molecular weight excluding hydrogens is 444 g/mol. The van der Waals surface area contributed by atoms with E-state index >= 15 is 0 Å². The lowest BCUT2D eigenvalue weighted by Crippen LogP contribution is -2.32. The first-order valence-corrected chi connectivity index (χ1v) is 11.2. The standard InChI is InChI=1S/C21H15ClN2O4S2/c1-28-13-8-2-10(3-9-13)14-15-17(29-18-16(14)30-21(27)23-18)20(26)24(19(15)25)12-6-4-11(22)5-7-12/h2-9,14-15,17H,1H3,(H,23,27). The summed E-state index contributed by atoms with van der Waals surface area (Å²) in [4.78, 5) is 43.5. The highest BCUT2D eigenvalue weighted by Gasteiger charge is 2.56. The summed E-state index contributed by atoms with van der Waals surface area (Å²) >= 11 is 8.32. The van der Waals surface area contributed by atoms with Crippen LogP contribution in [-0.4, -0.2) is 29.2 Å². The summed E-state index contributed by atoms with van der Waals surface area (Å²) in [6, 6.07) is 14.0. The van der Waals surface area contributed by atoms with E-state index in [2.05, 4.69) is 4.98 Å². The van der Waals surface area contributed by atoms with E-state index in [1.807, 2.05) is 24.3 Å². The number of rotatable bonds is 3. The molecule has 0 spiro atoms. The molecule has 3 heterocycles. The number of nitrogens with zero attached hydrogens (tertiary/aromatic N) is 1. The number of amides is 2. The Morgan fingerprint density at radius 3 is 2.37 bits per heavy atom. The summed E-state index contributed by atoms with van der Waals surface area (Å²) in [6.45, 7) is 0. The van der Waals surface area contributed by atoms with Gasteiger partial charge in [-0.1, -0.05) is 46.8 Å². The number of imide groups is 1. The Morgan fingerprint density at radius 2 is 1.70 bits per heavy atom. The number of aromatic amines is 1. The number of anilines is 1. The quantitative estimate of drug-likeness (QED) is 0.602. The molecule has 2 aliphatic heterocycles. The SMILES string of the molecule is COc1ccc(C2c3sc(=O)[nH]c3SC3C(=O)N(c4ccc(Cl)cc4)C(=O)C32)cc1. The van der Waals surface area contributed by atoms with Gasteiger partial charge in [-0.15, -0.1) is 0 Å². The molecule has 0 radical (unpaired) electrons. The summed E-state index contributed by atoms with van der Waals surface area (Å²) in [7, 11) is 1.58. The molecule has 152 valence electrons. The topological polar surface area (TPSA) is 79.5 Å². The van der Waals surface area contributed by atoms with Crippen molar-refractivity contribution in [3.63, 3.8) is 0 Å². The molecule has 3 atom stereocenters. The summed E-state index contributed by atoms with van der Waals surface area (Å²) in [5.74, 6) is -0.861. The number of halogens is 1. The fourth-order valence-electron chi connectivity index (χ4n) is 4.03. The van der Waals surface area contributed by atoms with Gasteiger partial charge >= 0.3 is 4.87 Å². The first-order valence-electron chi connectivity index (χ1n) is 9.15. The van der Waals surface area contributed by atoms with Crippen LogP contribution in [-0.2, 0) is 9.59 Å². The van der Waals surface area contributed by atoms with Crippen molar-refractivity contribution in [2.75, 3.05) is 12.0 Å². The molecule has 2 aliphatic rings. The lowest BCUT2D eigenvalue weighted by atomic mass is 9.83. The number of nitrogens with one attached hydrogen (secondary N) is 1. The predicted molar refractivity (Wildman–Crippen MR) is 117 cm³/mol. The largest absolute Gasteiger partial charge is 0.497 e. The number of benzene rings is 2. The summed E-state index contributed by atoms with van der Waals surface area (Å²) in [5.41, 5.74) is 1.36. The van der Waals surface area contributed by atoms with Crippen molar-refractivity contribution in [3.05, 3.63) is 73.7 Å². The monoisotopic (exact) mass is 458 g/mol. The van der Waals surface area contributed by atoms with Crippen LogP contribution < -0.4 is 14.5 Å².